The van der Waals surface area contributed by atoms with Crippen molar-refractivity contribution in [2.45, 2.75) is 19.4 Å². The number of hydrogen-bond donors (Lipinski definition) is 3. The van der Waals surface area contributed by atoms with Crippen LogP contribution < -0.4 is 21.1 Å². The molecule has 1 fully saturated rings. The predicted octanol–water partition coefficient (Wildman–Crippen LogP) is 2.83. The summed E-state index contributed by atoms with van der Waals surface area (Å²) in [5.41, 5.74) is 9.76. The fourth-order valence-electron chi connectivity index (χ4n) is 4.55. The molecule has 2 aliphatic heterocycles. The van der Waals surface area contributed by atoms with Gasteiger partial charge in [-0.1, -0.05) is 12.1 Å². The first-order valence-corrected chi connectivity index (χ1v) is 11.1. The number of nitrogens with one attached hydrogen (secondary N) is 2. The zero-order valence-corrected chi connectivity index (χ0v) is 18.2. The fraction of sp³-hybridized carbons (Fsp3) is 0.333. The van der Waals surface area contributed by atoms with Crippen molar-refractivity contribution < 1.29 is 9.53 Å². The zero-order chi connectivity index (χ0) is 22.1. The summed E-state index contributed by atoms with van der Waals surface area (Å²) in [6.45, 7) is 6.68. The standard InChI is InChI=1S/C24H28N6O2/c1-16-3-2-4-19(15-16)32-18-7-5-17(6-8-18)30-23(24(25)31)22-21(28-30)20(9-10-27-22)29-13-11-26-12-14-29/h2-8,15,20,26-27H,9-14H2,1H3,(H2,25,31)/t20-/m1/s1. The summed E-state index contributed by atoms with van der Waals surface area (Å²) in [5.74, 6) is 1.01. The molecule has 5 rings (SSSR count). The van der Waals surface area contributed by atoms with Crippen LogP contribution in [0.4, 0.5) is 5.69 Å². The maximum atomic E-state index is 12.4. The molecule has 1 aromatic heterocycles. The molecule has 4 N–H and O–H groups in total. The van der Waals surface area contributed by atoms with Gasteiger partial charge in [-0.2, -0.15) is 5.10 Å². The van der Waals surface area contributed by atoms with Crippen molar-refractivity contribution in [3.05, 3.63) is 65.5 Å². The number of aryl methyl sites for hydroxylation is 1. The highest BCUT2D eigenvalue weighted by Crippen LogP contribution is 2.37. The lowest BCUT2D eigenvalue weighted by molar-refractivity contribution is 0.0993. The van der Waals surface area contributed by atoms with Gasteiger partial charge in [-0.15, -0.1) is 0 Å². The molecule has 0 spiro atoms. The molecule has 8 nitrogen and oxygen atoms in total. The number of nitrogens with two attached hydrogens (primary N) is 1. The smallest absolute Gasteiger partial charge is 0.269 e. The zero-order valence-electron chi connectivity index (χ0n) is 18.2. The number of benzene rings is 2. The number of anilines is 1. The van der Waals surface area contributed by atoms with Gasteiger partial charge < -0.3 is 21.1 Å². The van der Waals surface area contributed by atoms with Crippen LogP contribution >= 0.6 is 0 Å². The van der Waals surface area contributed by atoms with E-state index in [9.17, 15) is 4.79 Å². The van der Waals surface area contributed by atoms with Gasteiger partial charge in [0.1, 0.15) is 17.2 Å². The molecule has 32 heavy (non-hydrogen) atoms. The van der Waals surface area contributed by atoms with Crippen molar-refractivity contribution in [1.82, 2.24) is 20.0 Å². The number of fused-ring (bicyclic) bond motifs is 1. The molecule has 0 saturated carbocycles. The highest BCUT2D eigenvalue weighted by molar-refractivity contribution is 5.98. The van der Waals surface area contributed by atoms with Crippen molar-refractivity contribution in [2.75, 3.05) is 38.0 Å². The third kappa shape index (κ3) is 3.94. The molecule has 1 amide bonds. The number of carbonyl (C=O) groups is 1. The Morgan fingerprint density at radius 2 is 1.88 bits per heavy atom. The maximum absolute atomic E-state index is 12.4. The largest absolute Gasteiger partial charge is 0.457 e. The molecule has 8 heteroatoms. The van der Waals surface area contributed by atoms with Crippen molar-refractivity contribution in [3.63, 3.8) is 0 Å². The second-order valence-electron chi connectivity index (χ2n) is 8.31. The predicted molar refractivity (Wildman–Crippen MR) is 124 cm³/mol. The highest BCUT2D eigenvalue weighted by atomic mass is 16.5. The number of hydrogen-bond acceptors (Lipinski definition) is 6. The molecule has 0 unspecified atom stereocenters. The molecule has 2 aromatic carbocycles. The lowest BCUT2D eigenvalue weighted by Gasteiger charge is -2.36. The van der Waals surface area contributed by atoms with Gasteiger partial charge in [0.05, 0.1) is 17.4 Å². The number of amides is 1. The van der Waals surface area contributed by atoms with E-state index < -0.39 is 5.91 Å². The Labute approximate surface area is 187 Å². The molecule has 0 aliphatic carbocycles. The number of aromatic nitrogens is 2. The van der Waals surface area contributed by atoms with E-state index in [-0.39, 0.29) is 6.04 Å². The third-order valence-electron chi connectivity index (χ3n) is 6.08. The van der Waals surface area contributed by atoms with E-state index in [1.54, 1.807) is 4.68 Å². The Balaban J connectivity index is 1.46. The summed E-state index contributed by atoms with van der Waals surface area (Å²) >= 11 is 0. The van der Waals surface area contributed by atoms with Crippen LogP contribution in [0.3, 0.4) is 0 Å². The molecule has 3 heterocycles. The Morgan fingerprint density at radius 3 is 2.59 bits per heavy atom. The SMILES string of the molecule is Cc1cccc(Oc2ccc(-n3nc4c(c3C(N)=O)NCC[C@H]4N3CCNCC3)cc2)c1. The van der Waals surface area contributed by atoms with Gasteiger partial charge in [-0.05, 0) is 55.3 Å². The van der Waals surface area contributed by atoms with Gasteiger partial charge >= 0.3 is 0 Å². The van der Waals surface area contributed by atoms with Crippen LogP contribution in [0.5, 0.6) is 11.5 Å². The molecule has 0 bridgehead atoms. The minimum atomic E-state index is -0.493. The van der Waals surface area contributed by atoms with Crippen LogP contribution in [-0.2, 0) is 0 Å². The summed E-state index contributed by atoms with van der Waals surface area (Å²) in [7, 11) is 0. The maximum Gasteiger partial charge on any atom is 0.269 e. The number of primary amides is 1. The van der Waals surface area contributed by atoms with Gasteiger partial charge in [0, 0.05) is 32.7 Å². The van der Waals surface area contributed by atoms with Crippen molar-refractivity contribution in [2.24, 2.45) is 5.73 Å². The first-order valence-electron chi connectivity index (χ1n) is 11.1. The number of piperazine rings is 1. The highest BCUT2D eigenvalue weighted by Gasteiger charge is 2.34. The van der Waals surface area contributed by atoms with E-state index in [4.69, 9.17) is 15.6 Å². The van der Waals surface area contributed by atoms with Gasteiger partial charge in [-0.25, -0.2) is 4.68 Å². The summed E-state index contributed by atoms with van der Waals surface area (Å²) in [5, 5.41) is 11.6. The first kappa shape index (κ1) is 20.5. The van der Waals surface area contributed by atoms with Gasteiger partial charge in [0.2, 0.25) is 0 Å². The number of ether oxygens (including phenoxy) is 1. The fourth-order valence-corrected chi connectivity index (χ4v) is 4.55. The quantitative estimate of drug-likeness (QED) is 0.574. The van der Waals surface area contributed by atoms with Crippen LogP contribution in [-0.4, -0.2) is 53.3 Å². The lowest BCUT2D eigenvalue weighted by Crippen LogP contribution is -2.46. The second-order valence-corrected chi connectivity index (χ2v) is 8.31. The van der Waals surface area contributed by atoms with Crippen molar-refractivity contribution in [1.29, 1.82) is 0 Å². The first-order chi connectivity index (χ1) is 15.6. The van der Waals surface area contributed by atoms with Crippen LogP contribution in [0.2, 0.25) is 0 Å². The molecular formula is C24H28N6O2. The van der Waals surface area contributed by atoms with Crippen LogP contribution in [0.25, 0.3) is 5.69 Å². The van der Waals surface area contributed by atoms with Crippen LogP contribution in [0.15, 0.2) is 48.5 Å². The molecular weight excluding hydrogens is 404 g/mol. The summed E-state index contributed by atoms with van der Waals surface area (Å²) in [6, 6.07) is 15.6. The van der Waals surface area contributed by atoms with Crippen LogP contribution in [0, 0.1) is 6.92 Å². The summed E-state index contributed by atoms with van der Waals surface area (Å²) in [4.78, 5) is 14.9. The number of carbonyl (C=O) groups excluding carboxylic acids is 1. The van der Waals surface area contributed by atoms with Gasteiger partial charge in [-0.3, -0.25) is 9.69 Å². The average Bonchev–Trinajstić information content (AvgIpc) is 3.20. The Morgan fingerprint density at radius 1 is 1.09 bits per heavy atom. The molecule has 1 atom stereocenters. The van der Waals surface area contributed by atoms with E-state index in [0.29, 0.717) is 11.4 Å². The van der Waals surface area contributed by atoms with Crippen molar-refractivity contribution in [3.8, 4) is 17.2 Å². The molecule has 3 aromatic rings. The van der Waals surface area contributed by atoms with E-state index in [1.165, 1.54) is 0 Å². The minimum Gasteiger partial charge on any atom is -0.457 e. The summed E-state index contributed by atoms with van der Waals surface area (Å²) in [6.07, 6.45) is 0.950. The lowest BCUT2D eigenvalue weighted by atomic mass is 10.0. The van der Waals surface area contributed by atoms with Crippen molar-refractivity contribution >= 4 is 11.6 Å². The van der Waals surface area contributed by atoms with E-state index in [1.807, 2.05) is 55.5 Å². The topological polar surface area (TPSA) is 97.4 Å². The van der Waals surface area contributed by atoms with Crippen LogP contribution in [0.1, 0.15) is 34.2 Å². The average molecular weight is 433 g/mol. The molecule has 2 aliphatic rings. The second kappa shape index (κ2) is 8.64. The monoisotopic (exact) mass is 432 g/mol. The summed E-state index contributed by atoms with van der Waals surface area (Å²) < 4.78 is 7.62. The van der Waals surface area contributed by atoms with Gasteiger partial charge in [0.15, 0.2) is 5.69 Å². The minimum absolute atomic E-state index is 0.177. The van der Waals surface area contributed by atoms with E-state index in [2.05, 4.69) is 15.5 Å². The van der Waals surface area contributed by atoms with E-state index >= 15 is 0 Å². The molecule has 166 valence electrons. The number of rotatable bonds is 5. The van der Waals surface area contributed by atoms with E-state index in [0.717, 1.165) is 67.5 Å². The molecule has 0 radical (unpaired) electrons. The Kier molecular flexibility index (Phi) is 5.55. The number of nitrogens with zero attached hydrogens (tertiary/aromatic N) is 3. The Hall–Kier alpha value is -3.36. The molecule has 1 saturated heterocycles. The Bertz CT molecular complexity index is 1120. The van der Waals surface area contributed by atoms with Gasteiger partial charge in [0.25, 0.3) is 5.91 Å². The third-order valence-corrected chi connectivity index (χ3v) is 6.08. The normalized spacial score (nSPS) is 18.6.